The normalized spacial score (nSPS) is 10.9. The summed E-state index contributed by atoms with van der Waals surface area (Å²) in [5.74, 6) is 1.35. The highest BCUT2D eigenvalue weighted by Crippen LogP contribution is 2.24. The molecule has 0 unspecified atom stereocenters. The van der Waals surface area contributed by atoms with Crippen LogP contribution in [0.15, 0.2) is 59.1 Å². The monoisotopic (exact) mass is 442 g/mol. The number of hydrogen-bond donors (Lipinski definition) is 1. The summed E-state index contributed by atoms with van der Waals surface area (Å²) in [6.45, 7) is 2.74. The van der Waals surface area contributed by atoms with Crippen LogP contribution in [0, 0.1) is 6.92 Å². The number of amides is 1. The van der Waals surface area contributed by atoms with Gasteiger partial charge in [0.25, 0.3) is 0 Å². The molecule has 0 radical (unpaired) electrons. The van der Waals surface area contributed by atoms with E-state index in [1.54, 1.807) is 11.8 Å². The number of methoxy groups -OCH3 is 1. The summed E-state index contributed by atoms with van der Waals surface area (Å²) >= 11 is 3.48. The van der Waals surface area contributed by atoms with Gasteiger partial charge in [0, 0.05) is 22.6 Å². The van der Waals surface area contributed by atoms with Gasteiger partial charge in [-0.1, -0.05) is 34.1 Å². The van der Waals surface area contributed by atoms with Crippen LogP contribution in [-0.2, 0) is 11.3 Å². The Balaban J connectivity index is 1.67. The van der Waals surface area contributed by atoms with Crippen LogP contribution in [0.3, 0.4) is 0 Å². The van der Waals surface area contributed by atoms with Crippen LogP contribution in [0.5, 0.6) is 5.75 Å². The van der Waals surface area contributed by atoms with Crippen molar-refractivity contribution in [3.8, 4) is 11.4 Å². The summed E-state index contributed by atoms with van der Waals surface area (Å²) in [7, 11) is 3.55. The van der Waals surface area contributed by atoms with E-state index in [0.717, 1.165) is 27.2 Å². The van der Waals surface area contributed by atoms with Crippen molar-refractivity contribution < 1.29 is 9.53 Å². The zero-order valence-electron chi connectivity index (χ0n) is 16.1. The molecule has 1 N–H and O–H groups in total. The van der Waals surface area contributed by atoms with E-state index in [4.69, 9.17) is 4.74 Å². The largest absolute Gasteiger partial charge is 0.496 e. The molecule has 0 aliphatic heterocycles. The number of carbonyl (C=O) groups is 1. The van der Waals surface area contributed by atoms with E-state index < -0.39 is 0 Å². The second kappa shape index (κ2) is 9.03. The second-order valence-corrected chi connectivity index (χ2v) is 7.51. The van der Waals surface area contributed by atoms with E-state index >= 15 is 0 Å². The van der Waals surface area contributed by atoms with Gasteiger partial charge in [-0.25, -0.2) is 4.68 Å². The van der Waals surface area contributed by atoms with Crippen molar-refractivity contribution in [2.24, 2.45) is 0 Å². The summed E-state index contributed by atoms with van der Waals surface area (Å²) in [5, 5.41) is 7.45. The third-order valence-corrected chi connectivity index (χ3v) is 4.69. The quantitative estimate of drug-likeness (QED) is 0.599. The van der Waals surface area contributed by atoms with Gasteiger partial charge in [-0.15, -0.1) is 0 Å². The van der Waals surface area contributed by atoms with Crippen molar-refractivity contribution in [2.45, 2.75) is 13.5 Å². The lowest BCUT2D eigenvalue weighted by Gasteiger charge is -2.18. The minimum Gasteiger partial charge on any atom is -0.496 e. The molecule has 7 heteroatoms. The number of nitrogens with one attached hydrogen (secondary N) is 1. The van der Waals surface area contributed by atoms with Gasteiger partial charge in [-0.3, -0.25) is 9.69 Å². The van der Waals surface area contributed by atoms with Gasteiger partial charge in [-0.2, -0.15) is 5.10 Å². The first kappa shape index (κ1) is 20.1. The van der Waals surface area contributed by atoms with Gasteiger partial charge in [0.15, 0.2) is 0 Å². The molecule has 2 aromatic carbocycles. The molecule has 0 saturated heterocycles. The highest BCUT2D eigenvalue weighted by Gasteiger charge is 2.14. The Morgan fingerprint density at radius 3 is 2.68 bits per heavy atom. The molecule has 146 valence electrons. The first-order valence-electron chi connectivity index (χ1n) is 8.89. The summed E-state index contributed by atoms with van der Waals surface area (Å²) < 4.78 is 8.13. The van der Waals surface area contributed by atoms with Gasteiger partial charge in [0.1, 0.15) is 11.6 Å². The summed E-state index contributed by atoms with van der Waals surface area (Å²) in [6.07, 6.45) is 0. The maximum atomic E-state index is 12.6. The topological polar surface area (TPSA) is 59.4 Å². The van der Waals surface area contributed by atoms with Crippen molar-refractivity contribution in [3.05, 3.63) is 70.3 Å². The number of ether oxygens (including phenoxy) is 1. The number of anilines is 1. The summed E-state index contributed by atoms with van der Waals surface area (Å²) in [5.41, 5.74) is 2.75. The van der Waals surface area contributed by atoms with Crippen LogP contribution in [-0.4, -0.2) is 41.3 Å². The number of hydrogen-bond acceptors (Lipinski definition) is 4. The van der Waals surface area contributed by atoms with E-state index in [2.05, 4.69) is 26.3 Å². The fraction of sp³-hybridized carbons (Fsp3) is 0.238. The van der Waals surface area contributed by atoms with E-state index in [-0.39, 0.29) is 12.5 Å². The molecule has 0 fully saturated rings. The molecule has 3 rings (SSSR count). The zero-order valence-corrected chi connectivity index (χ0v) is 17.7. The number of halogens is 1. The van der Waals surface area contributed by atoms with Gasteiger partial charge in [0.05, 0.1) is 25.0 Å². The van der Waals surface area contributed by atoms with Crippen LogP contribution in [0.2, 0.25) is 0 Å². The van der Waals surface area contributed by atoms with Crippen molar-refractivity contribution in [1.29, 1.82) is 0 Å². The predicted molar refractivity (Wildman–Crippen MR) is 114 cm³/mol. The van der Waals surface area contributed by atoms with Gasteiger partial charge in [0.2, 0.25) is 5.91 Å². The molecule has 0 bridgehead atoms. The lowest BCUT2D eigenvalue weighted by atomic mass is 10.2. The van der Waals surface area contributed by atoms with Crippen LogP contribution in [0.1, 0.15) is 11.3 Å². The van der Waals surface area contributed by atoms with Crippen molar-refractivity contribution in [2.75, 3.05) is 26.0 Å². The Labute approximate surface area is 173 Å². The zero-order chi connectivity index (χ0) is 20.1. The number of benzene rings is 2. The molecule has 1 amide bonds. The van der Waals surface area contributed by atoms with Crippen molar-refractivity contribution >= 4 is 27.7 Å². The number of para-hydroxylation sites is 1. The van der Waals surface area contributed by atoms with E-state index in [0.29, 0.717) is 12.4 Å². The van der Waals surface area contributed by atoms with Crippen LogP contribution in [0.4, 0.5) is 5.82 Å². The Hall–Kier alpha value is -2.64. The molecule has 3 aromatic rings. The van der Waals surface area contributed by atoms with Crippen LogP contribution in [0.25, 0.3) is 5.69 Å². The SMILES string of the molecule is COc1ccc(Br)cc1CN(C)CC(=O)Nc1cc(C)nn1-c1ccccc1. The highest BCUT2D eigenvalue weighted by molar-refractivity contribution is 9.10. The molecule has 28 heavy (non-hydrogen) atoms. The van der Waals surface area contributed by atoms with Crippen molar-refractivity contribution in [3.63, 3.8) is 0 Å². The Morgan fingerprint density at radius 1 is 1.21 bits per heavy atom. The third-order valence-electron chi connectivity index (χ3n) is 4.20. The molecule has 0 saturated carbocycles. The number of nitrogens with zero attached hydrogens (tertiary/aromatic N) is 3. The summed E-state index contributed by atoms with van der Waals surface area (Å²) in [6, 6.07) is 17.4. The molecule has 1 aromatic heterocycles. The second-order valence-electron chi connectivity index (χ2n) is 6.59. The molecule has 0 atom stereocenters. The number of aromatic nitrogens is 2. The van der Waals surface area contributed by atoms with E-state index in [1.807, 2.05) is 73.5 Å². The minimum atomic E-state index is -0.103. The minimum absolute atomic E-state index is 0.103. The number of rotatable bonds is 7. The van der Waals surface area contributed by atoms with Gasteiger partial charge >= 0.3 is 0 Å². The molecular formula is C21H23BrN4O2. The molecule has 0 aliphatic rings. The molecule has 0 spiro atoms. The smallest absolute Gasteiger partial charge is 0.239 e. The first-order valence-corrected chi connectivity index (χ1v) is 9.68. The molecule has 0 aliphatic carbocycles. The average Bonchev–Trinajstić information content (AvgIpc) is 3.02. The molecular weight excluding hydrogens is 420 g/mol. The lowest BCUT2D eigenvalue weighted by molar-refractivity contribution is -0.117. The number of likely N-dealkylation sites (N-methyl/N-ethyl adjacent to an activating group) is 1. The average molecular weight is 443 g/mol. The predicted octanol–water partition coefficient (Wildman–Crippen LogP) is 4.02. The molecule has 1 heterocycles. The Morgan fingerprint density at radius 2 is 1.96 bits per heavy atom. The number of carbonyl (C=O) groups excluding carboxylic acids is 1. The standard InChI is InChI=1S/C21H23BrN4O2/c1-15-11-20(26(24-15)18-7-5-4-6-8-18)23-21(27)14-25(2)13-16-12-17(22)9-10-19(16)28-3/h4-12H,13-14H2,1-3H3,(H,23,27). The summed E-state index contributed by atoms with van der Waals surface area (Å²) in [4.78, 5) is 14.5. The van der Waals surface area contributed by atoms with E-state index in [9.17, 15) is 4.79 Å². The fourth-order valence-corrected chi connectivity index (χ4v) is 3.41. The van der Waals surface area contributed by atoms with Gasteiger partial charge < -0.3 is 10.1 Å². The maximum absolute atomic E-state index is 12.6. The van der Waals surface area contributed by atoms with E-state index in [1.165, 1.54) is 0 Å². The maximum Gasteiger partial charge on any atom is 0.239 e. The molecule has 6 nitrogen and oxygen atoms in total. The Bertz CT molecular complexity index is 956. The Kier molecular flexibility index (Phi) is 6.49. The lowest BCUT2D eigenvalue weighted by Crippen LogP contribution is -2.30. The van der Waals surface area contributed by atoms with Crippen LogP contribution >= 0.6 is 15.9 Å². The fourth-order valence-electron chi connectivity index (χ4n) is 3.00. The third kappa shape index (κ3) is 4.99. The highest BCUT2D eigenvalue weighted by atomic mass is 79.9. The van der Waals surface area contributed by atoms with Crippen molar-refractivity contribution in [1.82, 2.24) is 14.7 Å². The first-order chi connectivity index (χ1) is 13.5. The van der Waals surface area contributed by atoms with Crippen LogP contribution < -0.4 is 10.1 Å². The number of aryl methyl sites for hydroxylation is 1. The van der Waals surface area contributed by atoms with Gasteiger partial charge in [-0.05, 0) is 44.3 Å².